The molecule has 0 atom stereocenters. The molecule has 0 unspecified atom stereocenters. The van der Waals surface area contributed by atoms with Gasteiger partial charge in [0.1, 0.15) is 0 Å². The Bertz CT molecular complexity index is 976. The van der Waals surface area contributed by atoms with E-state index in [0.29, 0.717) is 16.5 Å². The quantitative estimate of drug-likeness (QED) is 0.576. The molecule has 0 saturated heterocycles. The lowest BCUT2D eigenvalue weighted by molar-refractivity contribution is -0.115. The number of nitrogens with one attached hydrogen (secondary N) is 3. The minimum absolute atomic E-state index is 0.138. The molecule has 1 heterocycles. The second kappa shape index (κ2) is 8.67. The van der Waals surface area contributed by atoms with Crippen LogP contribution in [0.1, 0.15) is 22.4 Å². The van der Waals surface area contributed by atoms with Crippen LogP contribution in [0.2, 0.25) is 0 Å². The predicted molar refractivity (Wildman–Crippen MR) is 114 cm³/mol. The lowest BCUT2D eigenvalue weighted by Gasteiger charge is -2.12. The van der Waals surface area contributed by atoms with Gasteiger partial charge in [-0.2, -0.15) is 0 Å². The van der Waals surface area contributed by atoms with E-state index in [4.69, 9.17) is 0 Å². The molecule has 6 nitrogen and oxygen atoms in total. The Morgan fingerprint density at radius 2 is 1.64 bits per heavy atom. The van der Waals surface area contributed by atoms with Crippen LogP contribution in [0, 0.1) is 20.8 Å². The van der Waals surface area contributed by atoms with Gasteiger partial charge >= 0.3 is 6.03 Å². The van der Waals surface area contributed by atoms with Crippen molar-refractivity contribution in [3.63, 3.8) is 0 Å². The van der Waals surface area contributed by atoms with Crippen LogP contribution in [0.4, 0.5) is 21.3 Å². The number of aryl methyl sites for hydroxylation is 3. The standard InChI is InChI=1S/C21H22N4O2S/c1-13-9-14(2)19(15(3)10-13)24-18(26)11-17-12-28-21(23-17)25-20(27)22-16-7-5-4-6-8-16/h4-10,12H,11H2,1-3H3,(H,24,26)(H2,22,23,25,27). The van der Waals surface area contributed by atoms with Crippen LogP contribution in [-0.2, 0) is 11.2 Å². The third-order valence-electron chi connectivity index (χ3n) is 4.09. The zero-order valence-electron chi connectivity index (χ0n) is 16.0. The molecule has 0 bridgehead atoms. The number of aromatic nitrogens is 1. The maximum Gasteiger partial charge on any atom is 0.325 e. The van der Waals surface area contributed by atoms with Gasteiger partial charge in [0.2, 0.25) is 5.91 Å². The van der Waals surface area contributed by atoms with Crippen LogP contribution in [0.25, 0.3) is 0 Å². The van der Waals surface area contributed by atoms with Crippen molar-refractivity contribution in [2.24, 2.45) is 0 Å². The maximum atomic E-state index is 12.4. The molecule has 7 heteroatoms. The third kappa shape index (κ3) is 5.17. The van der Waals surface area contributed by atoms with Crippen LogP contribution >= 0.6 is 11.3 Å². The van der Waals surface area contributed by atoms with Crippen LogP contribution in [-0.4, -0.2) is 16.9 Å². The molecule has 3 amide bonds. The zero-order chi connectivity index (χ0) is 20.1. The van der Waals surface area contributed by atoms with Gasteiger partial charge in [-0.15, -0.1) is 11.3 Å². The van der Waals surface area contributed by atoms with E-state index in [1.54, 1.807) is 17.5 Å². The van der Waals surface area contributed by atoms with E-state index in [1.807, 2.05) is 51.1 Å². The molecular weight excluding hydrogens is 372 g/mol. The minimum atomic E-state index is -0.373. The largest absolute Gasteiger partial charge is 0.325 e. The van der Waals surface area contributed by atoms with Gasteiger partial charge in [0.05, 0.1) is 12.1 Å². The Morgan fingerprint density at radius 1 is 0.964 bits per heavy atom. The Balaban J connectivity index is 1.57. The number of rotatable bonds is 5. The van der Waals surface area contributed by atoms with Crippen molar-refractivity contribution >= 4 is 39.8 Å². The first-order valence-electron chi connectivity index (χ1n) is 8.86. The van der Waals surface area contributed by atoms with Gasteiger partial charge in [0.25, 0.3) is 0 Å². The molecule has 0 radical (unpaired) electrons. The van der Waals surface area contributed by atoms with Crippen molar-refractivity contribution in [3.8, 4) is 0 Å². The Morgan fingerprint density at radius 3 is 2.32 bits per heavy atom. The number of amides is 3. The molecule has 28 heavy (non-hydrogen) atoms. The number of thiazole rings is 1. The molecular formula is C21H22N4O2S. The topological polar surface area (TPSA) is 83.1 Å². The van der Waals surface area contributed by atoms with Gasteiger partial charge in [-0.05, 0) is 44.0 Å². The highest BCUT2D eigenvalue weighted by atomic mass is 32.1. The smallest absolute Gasteiger partial charge is 0.325 e. The summed E-state index contributed by atoms with van der Waals surface area (Å²) in [4.78, 5) is 28.7. The summed E-state index contributed by atoms with van der Waals surface area (Å²) in [5, 5.41) is 10.6. The van der Waals surface area contributed by atoms with E-state index >= 15 is 0 Å². The number of nitrogens with zero attached hydrogens (tertiary/aromatic N) is 1. The van der Waals surface area contributed by atoms with Crippen molar-refractivity contribution in [2.45, 2.75) is 27.2 Å². The molecule has 0 aliphatic rings. The fraction of sp³-hybridized carbons (Fsp3) is 0.190. The monoisotopic (exact) mass is 394 g/mol. The van der Waals surface area contributed by atoms with Gasteiger partial charge in [0.15, 0.2) is 5.13 Å². The van der Waals surface area contributed by atoms with Crippen molar-refractivity contribution in [3.05, 3.63) is 70.2 Å². The van der Waals surface area contributed by atoms with Crippen LogP contribution < -0.4 is 16.0 Å². The number of hydrogen-bond donors (Lipinski definition) is 3. The van der Waals surface area contributed by atoms with E-state index < -0.39 is 0 Å². The first-order valence-corrected chi connectivity index (χ1v) is 9.74. The fourth-order valence-corrected chi connectivity index (χ4v) is 3.66. The van der Waals surface area contributed by atoms with E-state index in [-0.39, 0.29) is 18.4 Å². The SMILES string of the molecule is Cc1cc(C)c(NC(=O)Cc2csc(NC(=O)Nc3ccccc3)n2)c(C)c1. The maximum absolute atomic E-state index is 12.4. The average molecular weight is 395 g/mol. The number of benzene rings is 2. The van der Waals surface area contributed by atoms with E-state index in [1.165, 1.54) is 11.3 Å². The molecule has 0 fully saturated rings. The second-order valence-electron chi connectivity index (χ2n) is 6.59. The number of carbonyl (C=O) groups excluding carboxylic acids is 2. The van der Waals surface area contributed by atoms with Gasteiger partial charge in [0, 0.05) is 16.8 Å². The summed E-state index contributed by atoms with van der Waals surface area (Å²) in [6, 6.07) is 12.9. The molecule has 144 valence electrons. The van der Waals surface area contributed by atoms with Gasteiger partial charge in [-0.1, -0.05) is 35.9 Å². The molecule has 2 aromatic carbocycles. The number of anilines is 3. The first kappa shape index (κ1) is 19.6. The fourth-order valence-electron chi connectivity index (χ4n) is 2.95. The summed E-state index contributed by atoms with van der Waals surface area (Å²) in [5.74, 6) is -0.138. The number of urea groups is 1. The van der Waals surface area contributed by atoms with Gasteiger partial charge in [-0.3, -0.25) is 10.1 Å². The lowest BCUT2D eigenvalue weighted by Crippen LogP contribution is -2.19. The highest BCUT2D eigenvalue weighted by Gasteiger charge is 2.12. The van der Waals surface area contributed by atoms with Crippen molar-refractivity contribution < 1.29 is 9.59 Å². The number of para-hydroxylation sites is 1. The zero-order valence-corrected chi connectivity index (χ0v) is 16.8. The third-order valence-corrected chi connectivity index (χ3v) is 4.89. The van der Waals surface area contributed by atoms with Crippen LogP contribution in [0.15, 0.2) is 47.8 Å². The van der Waals surface area contributed by atoms with E-state index in [0.717, 1.165) is 22.4 Å². The lowest BCUT2D eigenvalue weighted by atomic mass is 10.0. The second-order valence-corrected chi connectivity index (χ2v) is 7.45. The summed E-state index contributed by atoms with van der Waals surface area (Å²) < 4.78 is 0. The summed E-state index contributed by atoms with van der Waals surface area (Å²) in [6.07, 6.45) is 0.144. The summed E-state index contributed by atoms with van der Waals surface area (Å²) >= 11 is 1.28. The Labute approximate surface area is 168 Å². The Kier molecular flexibility index (Phi) is 6.06. The van der Waals surface area contributed by atoms with Gasteiger partial charge in [-0.25, -0.2) is 9.78 Å². The molecule has 0 saturated carbocycles. The molecule has 3 rings (SSSR count). The highest BCUT2D eigenvalue weighted by molar-refractivity contribution is 7.14. The van der Waals surface area contributed by atoms with Crippen molar-refractivity contribution in [1.82, 2.24) is 4.98 Å². The van der Waals surface area contributed by atoms with Crippen molar-refractivity contribution in [2.75, 3.05) is 16.0 Å². The first-order chi connectivity index (χ1) is 13.4. The van der Waals surface area contributed by atoms with Gasteiger partial charge < -0.3 is 10.6 Å². The molecule has 0 aliphatic heterocycles. The summed E-state index contributed by atoms with van der Waals surface area (Å²) in [5.41, 5.74) is 5.37. The number of carbonyl (C=O) groups is 2. The van der Waals surface area contributed by atoms with Crippen LogP contribution in [0.3, 0.4) is 0 Å². The molecule has 0 spiro atoms. The van der Waals surface area contributed by atoms with E-state index in [2.05, 4.69) is 20.9 Å². The predicted octanol–water partition coefficient (Wildman–Crippen LogP) is 4.89. The number of hydrogen-bond acceptors (Lipinski definition) is 4. The average Bonchev–Trinajstić information content (AvgIpc) is 3.05. The molecule has 3 aromatic rings. The van der Waals surface area contributed by atoms with Crippen LogP contribution in [0.5, 0.6) is 0 Å². The molecule has 1 aromatic heterocycles. The van der Waals surface area contributed by atoms with E-state index in [9.17, 15) is 9.59 Å². The highest BCUT2D eigenvalue weighted by Crippen LogP contribution is 2.22. The molecule has 3 N–H and O–H groups in total. The normalized spacial score (nSPS) is 10.4. The summed E-state index contributed by atoms with van der Waals surface area (Å²) in [7, 11) is 0. The molecule has 0 aliphatic carbocycles. The van der Waals surface area contributed by atoms with Crippen molar-refractivity contribution in [1.29, 1.82) is 0 Å². The summed E-state index contributed by atoms with van der Waals surface area (Å²) in [6.45, 7) is 5.99. The minimum Gasteiger partial charge on any atom is -0.325 e. The Hall–Kier alpha value is -3.19.